The molecule has 1 amide bonds. The fourth-order valence-electron chi connectivity index (χ4n) is 2.79. The molecule has 3 rings (SSSR count). The average Bonchev–Trinajstić information content (AvgIpc) is 3.17. The lowest BCUT2D eigenvalue weighted by atomic mass is 10.0. The number of aliphatic hydroxyl groups is 1. The molecule has 0 bridgehead atoms. The molecule has 10 nitrogen and oxygen atoms in total. The van der Waals surface area contributed by atoms with Gasteiger partial charge in [-0.1, -0.05) is 47.5 Å². The number of aliphatic hydroxyl groups excluding tert-OH is 1. The summed E-state index contributed by atoms with van der Waals surface area (Å²) in [6.07, 6.45) is -0.632. The van der Waals surface area contributed by atoms with Crippen molar-refractivity contribution in [1.29, 1.82) is 0 Å². The molecule has 0 fully saturated rings. The summed E-state index contributed by atoms with van der Waals surface area (Å²) in [6.45, 7) is -0.268. The van der Waals surface area contributed by atoms with Crippen molar-refractivity contribution in [2.45, 2.75) is 12.6 Å². The van der Waals surface area contributed by atoms with E-state index < -0.39 is 18.0 Å². The predicted molar refractivity (Wildman–Crippen MR) is 112 cm³/mol. The van der Waals surface area contributed by atoms with Crippen LogP contribution in [-0.4, -0.2) is 50.1 Å². The van der Waals surface area contributed by atoms with E-state index in [4.69, 9.17) is 28.3 Å². The van der Waals surface area contributed by atoms with Gasteiger partial charge in [0.25, 0.3) is 5.91 Å². The molecule has 0 saturated heterocycles. The molecule has 0 saturated carbocycles. The van der Waals surface area contributed by atoms with Crippen LogP contribution in [0.5, 0.6) is 0 Å². The maximum Gasteiger partial charge on any atom is 0.333 e. The number of hydrazine groups is 3. The first kappa shape index (κ1) is 22.8. The van der Waals surface area contributed by atoms with E-state index in [1.54, 1.807) is 30.3 Å². The minimum Gasteiger partial charge on any atom is -0.479 e. The number of nitrogens with one attached hydrogen (secondary N) is 3. The van der Waals surface area contributed by atoms with Gasteiger partial charge >= 0.3 is 5.97 Å². The van der Waals surface area contributed by atoms with E-state index in [1.807, 2.05) is 12.1 Å². The second-order valence-electron chi connectivity index (χ2n) is 6.62. The third-order valence-electron chi connectivity index (χ3n) is 4.31. The summed E-state index contributed by atoms with van der Waals surface area (Å²) in [7, 11) is 0. The number of amides is 1. The summed E-state index contributed by atoms with van der Waals surface area (Å²) in [5, 5.41) is 30.9. The first-order valence-corrected chi connectivity index (χ1v) is 9.71. The van der Waals surface area contributed by atoms with Gasteiger partial charge in [0.1, 0.15) is 5.70 Å². The highest BCUT2D eigenvalue weighted by molar-refractivity contribution is 6.35. The van der Waals surface area contributed by atoms with E-state index in [2.05, 4.69) is 16.4 Å². The first-order chi connectivity index (χ1) is 14.7. The second-order valence-corrected chi connectivity index (χ2v) is 7.46. The second kappa shape index (κ2) is 9.96. The molecule has 0 radical (unpaired) electrons. The molecule has 0 aliphatic carbocycles. The van der Waals surface area contributed by atoms with Crippen molar-refractivity contribution < 1.29 is 25.0 Å². The largest absolute Gasteiger partial charge is 0.479 e. The molecule has 6 N–H and O–H groups in total. The van der Waals surface area contributed by atoms with Gasteiger partial charge in [-0.15, -0.1) is 5.53 Å². The molecule has 1 heterocycles. The molecule has 31 heavy (non-hydrogen) atoms. The molecule has 0 spiro atoms. The summed E-state index contributed by atoms with van der Waals surface area (Å²) in [5.74, 6) is -2.07. The van der Waals surface area contributed by atoms with Crippen LogP contribution in [0.3, 0.4) is 0 Å². The zero-order valence-electron chi connectivity index (χ0n) is 15.9. The smallest absolute Gasteiger partial charge is 0.333 e. The van der Waals surface area contributed by atoms with Crippen LogP contribution in [0.1, 0.15) is 5.56 Å². The van der Waals surface area contributed by atoms with Gasteiger partial charge in [-0.3, -0.25) is 20.9 Å². The van der Waals surface area contributed by atoms with Gasteiger partial charge in [-0.25, -0.2) is 9.80 Å². The van der Waals surface area contributed by atoms with E-state index in [9.17, 15) is 19.9 Å². The third-order valence-corrected chi connectivity index (χ3v) is 4.87. The number of halogens is 2. The Morgan fingerprint density at radius 1 is 1.16 bits per heavy atom. The third kappa shape index (κ3) is 6.07. The Labute approximate surface area is 187 Å². The van der Waals surface area contributed by atoms with Crippen molar-refractivity contribution in [2.24, 2.45) is 0 Å². The molecule has 2 aromatic carbocycles. The Balaban J connectivity index is 1.75. The summed E-state index contributed by atoms with van der Waals surface area (Å²) < 4.78 is 0. The summed E-state index contributed by atoms with van der Waals surface area (Å²) in [4.78, 5) is 23.4. The standard InChI is InChI=1S/C19H19Cl2N5O5/c20-13-5-6-15(21)14(7-13)12-3-1-11(2-4-12)8-25(10-17(27)19(29)30)23-18(28)16-9-26(31)24-22-16/h1-7,9,17,22,24,27,31H,8,10H2,(H,23,28)(H,29,30)/t17-/m1/s1. The highest BCUT2D eigenvalue weighted by Gasteiger charge is 2.23. The molecule has 0 aromatic heterocycles. The molecule has 12 heteroatoms. The Hall–Kier alpha value is -2.86. The van der Waals surface area contributed by atoms with E-state index in [0.717, 1.165) is 22.9 Å². The zero-order chi connectivity index (χ0) is 22.5. The highest BCUT2D eigenvalue weighted by atomic mass is 35.5. The van der Waals surface area contributed by atoms with Crippen LogP contribution >= 0.6 is 23.2 Å². The molecule has 1 atom stereocenters. The van der Waals surface area contributed by atoms with Gasteiger partial charge in [0.15, 0.2) is 6.10 Å². The molecule has 1 aliphatic rings. The number of benzene rings is 2. The number of carbonyl (C=O) groups is 2. The summed E-state index contributed by atoms with van der Waals surface area (Å²) in [5.41, 5.74) is 9.50. The monoisotopic (exact) mass is 467 g/mol. The van der Waals surface area contributed by atoms with Crippen LogP contribution in [0.25, 0.3) is 11.1 Å². The highest BCUT2D eigenvalue weighted by Crippen LogP contribution is 2.30. The molecule has 1 aliphatic heterocycles. The molecular formula is C19H19Cl2N5O5. The Morgan fingerprint density at radius 3 is 2.48 bits per heavy atom. The van der Waals surface area contributed by atoms with Gasteiger partial charge in [0, 0.05) is 22.2 Å². The minimum absolute atomic E-state index is 0.0109. The number of carboxylic acid groups (broad SMARTS) is 1. The lowest BCUT2D eigenvalue weighted by molar-refractivity contribution is -0.149. The van der Waals surface area contributed by atoms with Crippen molar-refractivity contribution in [2.75, 3.05) is 6.54 Å². The van der Waals surface area contributed by atoms with Gasteiger partial charge in [0.05, 0.1) is 12.7 Å². The molecule has 164 valence electrons. The zero-order valence-corrected chi connectivity index (χ0v) is 17.4. The maximum atomic E-state index is 12.3. The van der Waals surface area contributed by atoms with Gasteiger partial charge in [0.2, 0.25) is 0 Å². The fraction of sp³-hybridized carbons (Fsp3) is 0.158. The number of hydrogen-bond donors (Lipinski definition) is 6. The summed E-state index contributed by atoms with van der Waals surface area (Å²) >= 11 is 12.3. The lowest BCUT2D eigenvalue weighted by Crippen LogP contribution is -2.49. The fourth-order valence-corrected chi connectivity index (χ4v) is 3.19. The lowest BCUT2D eigenvalue weighted by Gasteiger charge is -2.24. The van der Waals surface area contributed by atoms with E-state index >= 15 is 0 Å². The van der Waals surface area contributed by atoms with Gasteiger partial charge < -0.3 is 10.2 Å². The maximum absolute atomic E-state index is 12.3. The number of hydrogen-bond acceptors (Lipinski definition) is 8. The van der Waals surface area contributed by atoms with Crippen LogP contribution in [0.15, 0.2) is 54.4 Å². The van der Waals surface area contributed by atoms with Gasteiger partial charge in [-0.2, -0.15) is 5.17 Å². The quantitative estimate of drug-likeness (QED) is 0.319. The topological polar surface area (TPSA) is 137 Å². The molecular weight excluding hydrogens is 449 g/mol. The van der Waals surface area contributed by atoms with Crippen molar-refractivity contribution in [1.82, 2.24) is 26.6 Å². The van der Waals surface area contributed by atoms with Crippen molar-refractivity contribution in [3.05, 3.63) is 70.0 Å². The van der Waals surface area contributed by atoms with Crippen LogP contribution in [0.2, 0.25) is 10.0 Å². The van der Waals surface area contributed by atoms with Crippen molar-refractivity contribution in [3.63, 3.8) is 0 Å². The van der Waals surface area contributed by atoms with Crippen LogP contribution in [-0.2, 0) is 16.1 Å². The van der Waals surface area contributed by atoms with E-state index in [0.29, 0.717) is 15.2 Å². The SMILES string of the molecule is O=C(NN(Cc1ccc(-c2cc(Cl)ccc2Cl)cc1)C[C@@H](O)C(=O)O)C1=CN(O)NN1. The average molecular weight is 468 g/mol. The normalized spacial score (nSPS) is 14.2. The Morgan fingerprint density at radius 2 is 1.87 bits per heavy atom. The van der Waals surface area contributed by atoms with Crippen molar-refractivity contribution in [3.8, 4) is 11.1 Å². The molecule has 2 aromatic rings. The van der Waals surface area contributed by atoms with Crippen LogP contribution in [0, 0.1) is 0 Å². The Bertz CT molecular complexity index is 1000. The van der Waals surface area contributed by atoms with Crippen LogP contribution in [0.4, 0.5) is 0 Å². The number of carboxylic acids is 1. The Kier molecular flexibility index (Phi) is 7.33. The van der Waals surface area contributed by atoms with Gasteiger partial charge in [-0.05, 0) is 29.3 Å². The van der Waals surface area contributed by atoms with Crippen molar-refractivity contribution >= 4 is 35.1 Å². The number of aliphatic carboxylic acids is 1. The van der Waals surface area contributed by atoms with Crippen LogP contribution < -0.4 is 16.4 Å². The van der Waals surface area contributed by atoms with E-state index in [-0.39, 0.29) is 18.8 Å². The van der Waals surface area contributed by atoms with E-state index in [1.165, 1.54) is 5.01 Å². The minimum atomic E-state index is -1.72. The number of hydroxylamine groups is 1. The first-order valence-electron chi connectivity index (χ1n) is 8.95. The summed E-state index contributed by atoms with van der Waals surface area (Å²) in [6, 6.07) is 12.3. The number of nitrogens with zero attached hydrogens (tertiary/aromatic N) is 2. The molecule has 0 unspecified atom stereocenters. The predicted octanol–water partition coefficient (Wildman–Crippen LogP) is 1.49. The number of rotatable bonds is 8. The number of carbonyl (C=O) groups excluding carboxylic acids is 1.